The van der Waals surface area contributed by atoms with Crippen LogP contribution in [0.4, 0.5) is 0 Å². The lowest BCUT2D eigenvalue weighted by atomic mass is 10.1. The highest BCUT2D eigenvalue weighted by atomic mass is 28.4. The van der Waals surface area contributed by atoms with Gasteiger partial charge >= 0.3 is 0 Å². The maximum Gasteiger partial charge on any atom is 0.191 e. The molecule has 2 unspecified atom stereocenters. The number of hydrogen-bond acceptors (Lipinski definition) is 8. The summed E-state index contributed by atoms with van der Waals surface area (Å²) >= 11 is 0. The van der Waals surface area contributed by atoms with Crippen molar-refractivity contribution in [2.24, 2.45) is 5.73 Å². The summed E-state index contributed by atoms with van der Waals surface area (Å²) in [5.74, 6) is 0. The molecule has 1 fully saturated rings. The summed E-state index contributed by atoms with van der Waals surface area (Å²) in [5.41, 5.74) is 4.78. The number of aliphatic hydroxyl groups is 3. The molecule has 39 heavy (non-hydrogen) atoms. The number of nitrogens with one attached hydrogen (secondary N) is 1. The van der Waals surface area contributed by atoms with Gasteiger partial charge in [-0.05, 0) is 74.8 Å². The lowest BCUT2D eigenvalue weighted by Crippen LogP contribution is -2.41. The van der Waals surface area contributed by atoms with E-state index in [1.165, 1.54) is 19.3 Å². The second kappa shape index (κ2) is 22.7. The van der Waals surface area contributed by atoms with Crippen LogP contribution < -0.4 is 11.1 Å². The molecule has 240 valence electrons. The summed E-state index contributed by atoms with van der Waals surface area (Å²) in [6.07, 6.45) is 6.70. The fraction of sp³-hybridized carbons (Fsp3) is 1.00. The molecular formula is C29H70N2O6Si2. The van der Waals surface area contributed by atoms with Crippen LogP contribution in [0.5, 0.6) is 0 Å². The van der Waals surface area contributed by atoms with Crippen LogP contribution >= 0.6 is 0 Å². The Morgan fingerprint density at radius 1 is 0.872 bits per heavy atom. The van der Waals surface area contributed by atoms with Gasteiger partial charge in [-0.15, -0.1) is 0 Å². The molecule has 10 heteroatoms. The first-order valence-electron chi connectivity index (χ1n) is 14.6. The molecule has 0 aromatic carbocycles. The zero-order chi connectivity index (χ0) is 29.9. The summed E-state index contributed by atoms with van der Waals surface area (Å²) in [6.45, 7) is 27.2. The number of nitrogens with two attached hydrogens (primary N) is 1. The highest BCUT2D eigenvalue weighted by Gasteiger charge is 2.37. The minimum atomic E-state index is -1.61. The molecule has 1 rings (SSSR count). The van der Waals surface area contributed by atoms with Crippen LogP contribution in [0.15, 0.2) is 0 Å². The average Bonchev–Trinajstić information content (AvgIpc) is 3.62. The van der Waals surface area contributed by atoms with Crippen molar-refractivity contribution >= 4 is 16.6 Å². The van der Waals surface area contributed by atoms with Gasteiger partial charge in [-0.3, -0.25) is 0 Å². The van der Waals surface area contributed by atoms with Crippen LogP contribution in [0, 0.1) is 0 Å². The monoisotopic (exact) mass is 598 g/mol. The summed E-state index contributed by atoms with van der Waals surface area (Å²) in [4.78, 5) is 0. The van der Waals surface area contributed by atoms with Crippen LogP contribution in [0.25, 0.3) is 0 Å². The summed E-state index contributed by atoms with van der Waals surface area (Å²) in [5, 5.41) is 29.6. The molecule has 0 bridgehead atoms. The van der Waals surface area contributed by atoms with Crippen LogP contribution in [0.3, 0.4) is 0 Å². The van der Waals surface area contributed by atoms with E-state index in [1.54, 1.807) is 0 Å². The zero-order valence-electron chi connectivity index (χ0n) is 26.7. The number of epoxide rings is 1. The molecule has 1 saturated heterocycles. The third kappa shape index (κ3) is 24.4. The lowest BCUT2D eigenvalue weighted by Gasteiger charge is -2.36. The molecule has 0 aliphatic carbocycles. The van der Waals surface area contributed by atoms with E-state index in [-0.39, 0.29) is 31.8 Å². The van der Waals surface area contributed by atoms with Gasteiger partial charge in [0.1, 0.15) is 0 Å². The minimum absolute atomic E-state index is 0. The van der Waals surface area contributed by atoms with Crippen molar-refractivity contribution < 1.29 is 28.9 Å². The Balaban J connectivity index is -0.000000580. The first-order valence-corrected chi connectivity index (χ1v) is 20.5. The van der Waals surface area contributed by atoms with Gasteiger partial charge in [0.05, 0.1) is 32.0 Å². The third-order valence-corrected chi connectivity index (χ3v) is 16.7. The lowest BCUT2D eigenvalue weighted by molar-refractivity contribution is 0.152. The van der Waals surface area contributed by atoms with Crippen LogP contribution in [-0.2, 0) is 13.6 Å². The SMILES string of the molecule is C.CC(C)(C)[Si](C)(C)OCCCCC(O)CNCCO.CC(C)(C)[Si](C)(C)OCCCCC1CO1.NCCO. The Bertz CT molecular complexity index is 549. The van der Waals surface area contributed by atoms with E-state index in [9.17, 15) is 5.11 Å². The molecule has 1 heterocycles. The predicted octanol–water partition coefficient (Wildman–Crippen LogP) is 5.27. The first kappa shape index (κ1) is 43.6. The largest absolute Gasteiger partial charge is 0.417 e. The topological polar surface area (TPSA) is 130 Å². The van der Waals surface area contributed by atoms with E-state index in [1.807, 2.05) is 0 Å². The molecule has 0 radical (unpaired) electrons. The van der Waals surface area contributed by atoms with Crippen molar-refractivity contribution in [3.8, 4) is 0 Å². The smallest absolute Gasteiger partial charge is 0.191 e. The maximum atomic E-state index is 9.69. The van der Waals surface area contributed by atoms with Crippen molar-refractivity contribution in [2.45, 2.75) is 136 Å². The fourth-order valence-corrected chi connectivity index (χ4v) is 4.90. The zero-order valence-corrected chi connectivity index (χ0v) is 28.7. The van der Waals surface area contributed by atoms with Gasteiger partial charge in [0, 0.05) is 32.8 Å². The molecule has 0 aromatic rings. The van der Waals surface area contributed by atoms with E-state index in [0.29, 0.717) is 30.8 Å². The first-order chi connectivity index (χ1) is 17.4. The van der Waals surface area contributed by atoms with Crippen LogP contribution in [0.2, 0.25) is 36.3 Å². The Hall–Kier alpha value is 0.114. The summed E-state index contributed by atoms with van der Waals surface area (Å²) in [6, 6.07) is 0. The fourth-order valence-electron chi connectivity index (χ4n) is 2.73. The quantitative estimate of drug-likeness (QED) is 0.0870. The van der Waals surface area contributed by atoms with Crippen molar-refractivity contribution in [2.75, 3.05) is 52.7 Å². The second-order valence-corrected chi connectivity index (χ2v) is 22.9. The van der Waals surface area contributed by atoms with E-state index in [4.69, 9.17) is 29.5 Å². The number of unbranched alkanes of at least 4 members (excludes halogenated alkanes) is 2. The van der Waals surface area contributed by atoms with Gasteiger partial charge in [0.2, 0.25) is 0 Å². The Morgan fingerprint density at radius 2 is 1.31 bits per heavy atom. The number of hydrogen-bond donors (Lipinski definition) is 5. The van der Waals surface area contributed by atoms with E-state index >= 15 is 0 Å². The van der Waals surface area contributed by atoms with Crippen molar-refractivity contribution in [3.63, 3.8) is 0 Å². The van der Waals surface area contributed by atoms with Crippen molar-refractivity contribution in [1.82, 2.24) is 5.32 Å². The Kier molecular flexibility index (Phi) is 25.3. The van der Waals surface area contributed by atoms with Gasteiger partial charge in [-0.25, -0.2) is 0 Å². The molecule has 0 aromatic heterocycles. The standard InChI is InChI=1S/C14H33NO3Si.C12H26O2Si.C2H7NO.CH4/c1-14(2,3)19(4,5)18-11-7-6-8-13(17)12-15-9-10-16;1-12(2,3)15(4,5)14-9-7-6-8-11-10-13-11;3-1-2-4;/h13,15-17H,6-12H2,1-5H3;11H,6-10H2,1-5H3;4H,1-3H2;1H4. The van der Waals surface area contributed by atoms with Crippen molar-refractivity contribution in [3.05, 3.63) is 0 Å². The van der Waals surface area contributed by atoms with E-state index in [0.717, 1.165) is 39.1 Å². The predicted molar refractivity (Wildman–Crippen MR) is 173 cm³/mol. The Morgan fingerprint density at radius 3 is 1.67 bits per heavy atom. The molecular weight excluding hydrogens is 528 g/mol. The van der Waals surface area contributed by atoms with Gasteiger partial charge in [0.25, 0.3) is 0 Å². The molecule has 8 nitrogen and oxygen atoms in total. The number of ether oxygens (including phenoxy) is 1. The summed E-state index contributed by atoms with van der Waals surface area (Å²) in [7, 11) is -3.11. The van der Waals surface area contributed by atoms with Crippen LogP contribution in [0.1, 0.15) is 87.5 Å². The van der Waals surface area contributed by atoms with Crippen molar-refractivity contribution in [1.29, 1.82) is 0 Å². The molecule has 1 aliphatic heterocycles. The second-order valence-electron chi connectivity index (χ2n) is 13.3. The van der Waals surface area contributed by atoms with Gasteiger partial charge in [0.15, 0.2) is 16.6 Å². The molecule has 1 aliphatic rings. The average molecular weight is 599 g/mol. The van der Waals surface area contributed by atoms with Crippen LogP contribution in [-0.4, -0.2) is 96.8 Å². The van der Waals surface area contributed by atoms with Gasteiger partial charge < -0.3 is 40.0 Å². The molecule has 2 atom stereocenters. The maximum absolute atomic E-state index is 9.69. The molecule has 0 spiro atoms. The highest BCUT2D eigenvalue weighted by Crippen LogP contribution is 2.37. The molecule has 6 N–H and O–H groups in total. The van der Waals surface area contributed by atoms with E-state index < -0.39 is 16.6 Å². The van der Waals surface area contributed by atoms with Gasteiger partial charge in [-0.2, -0.15) is 0 Å². The Labute approximate surface area is 245 Å². The molecule has 0 amide bonds. The van der Waals surface area contributed by atoms with Gasteiger partial charge in [-0.1, -0.05) is 49.0 Å². The summed E-state index contributed by atoms with van der Waals surface area (Å²) < 4.78 is 17.4. The highest BCUT2D eigenvalue weighted by molar-refractivity contribution is 6.74. The number of aliphatic hydroxyl groups excluding tert-OH is 3. The third-order valence-electron chi connectivity index (χ3n) is 7.59. The normalized spacial score (nSPS) is 16.3. The van der Waals surface area contributed by atoms with E-state index in [2.05, 4.69) is 73.0 Å². The molecule has 0 saturated carbocycles. The minimum Gasteiger partial charge on any atom is -0.417 e. The number of rotatable bonds is 17.